The first-order valence-electron chi connectivity index (χ1n) is 5.84. The molecule has 0 aromatic carbocycles. The Morgan fingerprint density at radius 2 is 2.17 bits per heavy atom. The fraction of sp³-hybridized carbons (Fsp3) is 0.417. The summed E-state index contributed by atoms with van der Waals surface area (Å²) in [5, 5.41) is 6.58. The zero-order chi connectivity index (χ0) is 12.7. The first-order valence-corrected chi connectivity index (χ1v) is 7.54. The number of hydrogen-bond donors (Lipinski definition) is 1. The average Bonchev–Trinajstić information content (AvgIpc) is 2.99. The molecule has 1 aliphatic carbocycles. The molecule has 0 spiro atoms. The first-order chi connectivity index (χ1) is 8.63. The summed E-state index contributed by atoms with van der Waals surface area (Å²) >= 11 is 3.11. The van der Waals surface area contributed by atoms with Crippen LogP contribution in [-0.4, -0.2) is 15.9 Å². The maximum atomic E-state index is 11.6. The molecule has 2 aromatic rings. The second-order valence-corrected chi connectivity index (χ2v) is 6.51. The summed E-state index contributed by atoms with van der Waals surface area (Å²) in [4.78, 5) is 21.6. The molecular formula is C12H13N3OS2. The molecule has 2 aromatic heterocycles. The molecule has 0 saturated heterocycles. The van der Waals surface area contributed by atoms with Crippen molar-refractivity contribution in [3.63, 3.8) is 0 Å². The van der Waals surface area contributed by atoms with Crippen LogP contribution in [0.2, 0.25) is 0 Å². The molecule has 0 aliphatic heterocycles. The molecule has 1 fully saturated rings. The Morgan fingerprint density at radius 3 is 2.78 bits per heavy atom. The molecule has 3 rings (SSSR count). The van der Waals surface area contributed by atoms with Crippen LogP contribution >= 0.6 is 22.7 Å². The lowest BCUT2D eigenvalue weighted by Gasteiger charge is -1.97. The van der Waals surface area contributed by atoms with E-state index in [0.29, 0.717) is 5.13 Å². The maximum Gasteiger partial charge on any atom is 0.229 e. The predicted molar refractivity (Wildman–Crippen MR) is 74.0 cm³/mol. The normalized spacial score (nSPS) is 14.8. The number of aromatic nitrogens is 2. The molecule has 1 N–H and O–H groups in total. The van der Waals surface area contributed by atoms with Gasteiger partial charge in [-0.05, 0) is 26.7 Å². The largest absolute Gasteiger partial charge is 0.302 e. The van der Waals surface area contributed by atoms with E-state index in [1.165, 1.54) is 11.3 Å². The molecule has 0 atom stereocenters. The van der Waals surface area contributed by atoms with Gasteiger partial charge in [-0.15, -0.1) is 22.7 Å². The number of nitrogens with one attached hydrogen (secondary N) is 1. The van der Waals surface area contributed by atoms with E-state index in [-0.39, 0.29) is 11.8 Å². The molecule has 6 heteroatoms. The summed E-state index contributed by atoms with van der Waals surface area (Å²) < 4.78 is 0. The highest BCUT2D eigenvalue weighted by Gasteiger charge is 2.30. The van der Waals surface area contributed by atoms with Crippen molar-refractivity contribution < 1.29 is 4.79 Å². The highest BCUT2D eigenvalue weighted by atomic mass is 32.1. The number of carbonyl (C=O) groups excluding carboxylic acids is 1. The van der Waals surface area contributed by atoms with Crippen molar-refractivity contribution in [3.8, 4) is 10.6 Å². The van der Waals surface area contributed by atoms with Gasteiger partial charge >= 0.3 is 0 Å². The second kappa shape index (κ2) is 4.44. The molecule has 0 bridgehead atoms. The molecule has 2 heterocycles. The molecule has 1 saturated carbocycles. The zero-order valence-corrected chi connectivity index (χ0v) is 11.8. The molecule has 4 nitrogen and oxygen atoms in total. The topological polar surface area (TPSA) is 54.9 Å². The summed E-state index contributed by atoms with van der Waals surface area (Å²) in [5.41, 5.74) is 1.91. The number of carbonyl (C=O) groups is 1. The van der Waals surface area contributed by atoms with E-state index in [0.717, 1.165) is 34.1 Å². The monoisotopic (exact) mass is 279 g/mol. The third-order valence-corrected chi connectivity index (χ3v) is 4.67. The maximum absolute atomic E-state index is 11.6. The lowest BCUT2D eigenvalue weighted by Crippen LogP contribution is -2.12. The van der Waals surface area contributed by atoms with Crippen LogP contribution in [0.15, 0.2) is 5.38 Å². The number of rotatable bonds is 3. The number of anilines is 1. The molecule has 94 valence electrons. The van der Waals surface area contributed by atoms with E-state index in [1.54, 1.807) is 11.3 Å². The SMILES string of the molecule is Cc1nc(C)c(-c2csc(NC(=O)C3CC3)n2)s1. The van der Waals surface area contributed by atoms with E-state index < -0.39 is 0 Å². The highest BCUT2D eigenvalue weighted by molar-refractivity contribution is 7.16. The lowest BCUT2D eigenvalue weighted by molar-refractivity contribution is -0.117. The van der Waals surface area contributed by atoms with Gasteiger partial charge in [0.15, 0.2) is 5.13 Å². The van der Waals surface area contributed by atoms with Gasteiger partial charge in [-0.1, -0.05) is 0 Å². The molecular weight excluding hydrogens is 266 g/mol. The quantitative estimate of drug-likeness (QED) is 0.938. The summed E-state index contributed by atoms with van der Waals surface area (Å²) in [6, 6.07) is 0. The van der Waals surface area contributed by atoms with E-state index in [2.05, 4.69) is 15.3 Å². The Kier molecular flexibility index (Phi) is 2.91. The van der Waals surface area contributed by atoms with Crippen molar-refractivity contribution in [1.29, 1.82) is 0 Å². The number of thiazole rings is 2. The second-order valence-electron chi connectivity index (χ2n) is 4.45. The average molecular weight is 279 g/mol. The fourth-order valence-corrected chi connectivity index (χ4v) is 3.42. The van der Waals surface area contributed by atoms with Crippen molar-refractivity contribution in [2.75, 3.05) is 5.32 Å². The van der Waals surface area contributed by atoms with Crippen LogP contribution in [0.25, 0.3) is 10.6 Å². The molecule has 1 amide bonds. The third-order valence-electron chi connectivity index (χ3n) is 2.82. The van der Waals surface area contributed by atoms with Crippen LogP contribution in [0.1, 0.15) is 23.5 Å². The minimum absolute atomic E-state index is 0.105. The van der Waals surface area contributed by atoms with Crippen molar-refractivity contribution in [3.05, 3.63) is 16.1 Å². The zero-order valence-electron chi connectivity index (χ0n) is 10.2. The summed E-state index contributed by atoms with van der Waals surface area (Å²) in [6.45, 7) is 3.98. The van der Waals surface area contributed by atoms with Gasteiger partial charge in [0.25, 0.3) is 0 Å². The summed E-state index contributed by atoms with van der Waals surface area (Å²) in [5.74, 6) is 0.317. The molecule has 18 heavy (non-hydrogen) atoms. The van der Waals surface area contributed by atoms with Crippen LogP contribution in [0.3, 0.4) is 0 Å². The minimum atomic E-state index is 0.105. The molecule has 0 radical (unpaired) electrons. The van der Waals surface area contributed by atoms with E-state index in [1.807, 2.05) is 19.2 Å². The van der Waals surface area contributed by atoms with Gasteiger partial charge < -0.3 is 5.32 Å². The van der Waals surface area contributed by atoms with Crippen LogP contribution < -0.4 is 5.32 Å². The Bertz CT molecular complexity index is 598. The van der Waals surface area contributed by atoms with Crippen molar-refractivity contribution >= 4 is 33.7 Å². The lowest BCUT2D eigenvalue weighted by atomic mass is 10.3. The van der Waals surface area contributed by atoms with Gasteiger partial charge in [0.1, 0.15) is 0 Å². The van der Waals surface area contributed by atoms with Crippen LogP contribution in [0, 0.1) is 19.8 Å². The van der Waals surface area contributed by atoms with Crippen molar-refractivity contribution in [1.82, 2.24) is 9.97 Å². The minimum Gasteiger partial charge on any atom is -0.302 e. The first kappa shape index (κ1) is 11.8. The Balaban J connectivity index is 1.80. The Labute approximate surface area is 113 Å². The summed E-state index contributed by atoms with van der Waals surface area (Å²) in [6.07, 6.45) is 2.02. The Hall–Kier alpha value is -1.27. The van der Waals surface area contributed by atoms with Crippen molar-refractivity contribution in [2.45, 2.75) is 26.7 Å². The smallest absolute Gasteiger partial charge is 0.229 e. The van der Waals surface area contributed by atoms with E-state index in [4.69, 9.17) is 0 Å². The van der Waals surface area contributed by atoms with Gasteiger partial charge in [-0.2, -0.15) is 0 Å². The van der Waals surface area contributed by atoms with Crippen molar-refractivity contribution in [2.24, 2.45) is 5.92 Å². The summed E-state index contributed by atoms with van der Waals surface area (Å²) in [7, 11) is 0. The molecule has 0 unspecified atom stereocenters. The Morgan fingerprint density at radius 1 is 1.39 bits per heavy atom. The van der Waals surface area contributed by atoms with E-state index >= 15 is 0 Å². The standard InChI is InChI=1S/C12H13N3OS2/c1-6-10(18-7(2)13-6)9-5-17-12(14-9)15-11(16)8-3-4-8/h5,8H,3-4H2,1-2H3,(H,14,15,16). The van der Waals surface area contributed by atoms with Crippen LogP contribution in [0.5, 0.6) is 0 Å². The number of nitrogens with zero attached hydrogens (tertiary/aromatic N) is 2. The van der Waals surface area contributed by atoms with Gasteiger partial charge in [-0.3, -0.25) is 4.79 Å². The van der Waals surface area contributed by atoms with Gasteiger partial charge in [0, 0.05) is 11.3 Å². The van der Waals surface area contributed by atoms with Gasteiger partial charge in [0.2, 0.25) is 5.91 Å². The number of aryl methyl sites for hydroxylation is 2. The van der Waals surface area contributed by atoms with Gasteiger partial charge in [0.05, 0.1) is 21.3 Å². The third kappa shape index (κ3) is 2.30. The van der Waals surface area contributed by atoms with Crippen LogP contribution in [0.4, 0.5) is 5.13 Å². The number of amides is 1. The molecule has 1 aliphatic rings. The van der Waals surface area contributed by atoms with E-state index in [9.17, 15) is 4.79 Å². The van der Waals surface area contributed by atoms with Gasteiger partial charge in [-0.25, -0.2) is 9.97 Å². The van der Waals surface area contributed by atoms with Crippen LogP contribution in [-0.2, 0) is 4.79 Å². The number of hydrogen-bond acceptors (Lipinski definition) is 5. The fourth-order valence-electron chi connectivity index (χ4n) is 1.76. The highest BCUT2D eigenvalue weighted by Crippen LogP contribution is 2.34. The predicted octanol–water partition coefficient (Wildman–Crippen LogP) is 3.23.